The van der Waals surface area contributed by atoms with Gasteiger partial charge < -0.3 is 5.73 Å². The molecule has 76 valence electrons. The van der Waals surface area contributed by atoms with Crippen LogP contribution in [-0.2, 0) is 12.8 Å². The molecule has 1 aromatic heterocycles. The van der Waals surface area contributed by atoms with Gasteiger partial charge in [0, 0.05) is 11.4 Å². The van der Waals surface area contributed by atoms with Crippen molar-refractivity contribution in [2.75, 3.05) is 5.73 Å². The summed E-state index contributed by atoms with van der Waals surface area (Å²) >= 11 is 0. The van der Waals surface area contributed by atoms with Crippen molar-refractivity contribution in [2.45, 2.75) is 39.3 Å². The first kappa shape index (κ1) is 9.44. The second kappa shape index (κ2) is 3.23. The van der Waals surface area contributed by atoms with Gasteiger partial charge in [0.1, 0.15) is 6.17 Å². The predicted molar refractivity (Wildman–Crippen MR) is 54.9 cm³/mol. The van der Waals surface area contributed by atoms with Gasteiger partial charge in [-0.2, -0.15) is 0 Å². The second-order valence-electron chi connectivity index (χ2n) is 3.93. The van der Waals surface area contributed by atoms with Crippen LogP contribution >= 0.6 is 0 Å². The molecule has 1 aromatic rings. The SMILES string of the molecule is Cc1c(C(C)F)nc2c(c1N)CCC2. The van der Waals surface area contributed by atoms with Crippen molar-refractivity contribution in [2.24, 2.45) is 0 Å². The van der Waals surface area contributed by atoms with E-state index < -0.39 is 6.17 Å². The summed E-state index contributed by atoms with van der Waals surface area (Å²) in [5.41, 5.74) is 10.2. The van der Waals surface area contributed by atoms with Gasteiger partial charge >= 0.3 is 0 Å². The van der Waals surface area contributed by atoms with Crippen molar-refractivity contribution in [3.05, 3.63) is 22.5 Å². The van der Waals surface area contributed by atoms with Crippen LogP contribution in [0.3, 0.4) is 0 Å². The van der Waals surface area contributed by atoms with Gasteiger partial charge in [0.05, 0.1) is 5.69 Å². The average molecular weight is 194 g/mol. The van der Waals surface area contributed by atoms with Crippen LogP contribution in [0.15, 0.2) is 0 Å². The number of pyridine rings is 1. The summed E-state index contributed by atoms with van der Waals surface area (Å²) in [5.74, 6) is 0. The van der Waals surface area contributed by atoms with E-state index in [0.717, 1.165) is 41.8 Å². The third-order valence-corrected chi connectivity index (χ3v) is 2.93. The Morgan fingerprint density at radius 2 is 2.14 bits per heavy atom. The summed E-state index contributed by atoms with van der Waals surface area (Å²) in [6, 6.07) is 0. The van der Waals surface area contributed by atoms with Crippen LogP contribution in [0.2, 0.25) is 0 Å². The molecule has 0 amide bonds. The van der Waals surface area contributed by atoms with Crippen LogP contribution in [0.4, 0.5) is 10.1 Å². The third-order valence-electron chi connectivity index (χ3n) is 2.93. The zero-order valence-corrected chi connectivity index (χ0v) is 8.60. The number of aromatic nitrogens is 1. The highest BCUT2D eigenvalue weighted by molar-refractivity contribution is 5.58. The molecule has 0 saturated heterocycles. The first-order valence-corrected chi connectivity index (χ1v) is 5.03. The highest BCUT2D eigenvalue weighted by Gasteiger charge is 2.21. The molecule has 2 N–H and O–H groups in total. The van der Waals surface area contributed by atoms with Crippen molar-refractivity contribution in [3.8, 4) is 0 Å². The zero-order valence-electron chi connectivity index (χ0n) is 8.60. The monoisotopic (exact) mass is 194 g/mol. The van der Waals surface area contributed by atoms with Crippen LogP contribution in [0.5, 0.6) is 0 Å². The molecule has 2 nitrogen and oxygen atoms in total. The Hall–Kier alpha value is -1.12. The number of hydrogen-bond acceptors (Lipinski definition) is 2. The van der Waals surface area contributed by atoms with Crippen molar-refractivity contribution < 1.29 is 4.39 Å². The number of aryl methyl sites for hydroxylation is 1. The van der Waals surface area contributed by atoms with Crippen LogP contribution in [-0.4, -0.2) is 4.98 Å². The molecule has 1 unspecified atom stereocenters. The summed E-state index contributed by atoms with van der Waals surface area (Å²) in [7, 11) is 0. The predicted octanol–water partition coefficient (Wildman–Crippen LogP) is 2.49. The van der Waals surface area contributed by atoms with E-state index in [2.05, 4.69) is 4.98 Å². The van der Waals surface area contributed by atoms with Gasteiger partial charge in [0.25, 0.3) is 0 Å². The summed E-state index contributed by atoms with van der Waals surface area (Å²) in [6.07, 6.45) is 2.01. The van der Waals surface area contributed by atoms with Gasteiger partial charge in [-0.15, -0.1) is 0 Å². The van der Waals surface area contributed by atoms with Crippen molar-refractivity contribution in [1.82, 2.24) is 4.98 Å². The number of hydrogen-bond donors (Lipinski definition) is 1. The Bertz CT molecular complexity index is 372. The minimum atomic E-state index is -1.02. The molecule has 0 aliphatic heterocycles. The molecule has 1 heterocycles. The van der Waals surface area contributed by atoms with Gasteiger partial charge in [0.15, 0.2) is 0 Å². The Labute approximate surface area is 83.3 Å². The van der Waals surface area contributed by atoms with Crippen molar-refractivity contribution in [3.63, 3.8) is 0 Å². The first-order valence-electron chi connectivity index (χ1n) is 5.03. The number of nitrogens with two attached hydrogens (primary N) is 1. The standard InChI is InChI=1S/C11H15FN2/c1-6-10(13)8-4-3-5-9(8)14-11(6)7(2)12/h7H,3-5H2,1-2H3,(H2,13,14). The molecule has 14 heavy (non-hydrogen) atoms. The number of fused-ring (bicyclic) bond motifs is 1. The van der Waals surface area contributed by atoms with E-state index in [-0.39, 0.29) is 0 Å². The van der Waals surface area contributed by atoms with E-state index in [1.165, 1.54) is 6.92 Å². The number of anilines is 1. The molecule has 0 radical (unpaired) electrons. The second-order valence-corrected chi connectivity index (χ2v) is 3.93. The van der Waals surface area contributed by atoms with Crippen LogP contribution < -0.4 is 5.73 Å². The first-order chi connectivity index (χ1) is 6.61. The van der Waals surface area contributed by atoms with Crippen molar-refractivity contribution in [1.29, 1.82) is 0 Å². The van der Waals surface area contributed by atoms with E-state index >= 15 is 0 Å². The Balaban J connectivity index is 2.61. The molecule has 1 aliphatic rings. The lowest BCUT2D eigenvalue weighted by Crippen LogP contribution is -2.06. The molecule has 0 spiro atoms. The van der Waals surface area contributed by atoms with Gasteiger partial charge in [-0.25, -0.2) is 4.39 Å². The summed E-state index contributed by atoms with van der Waals surface area (Å²) in [5, 5.41) is 0. The summed E-state index contributed by atoms with van der Waals surface area (Å²) in [6.45, 7) is 3.36. The van der Waals surface area contributed by atoms with E-state index in [0.29, 0.717) is 5.69 Å². The number of rotatable bonds is 1. The molecule has 2 rings (SSSR count). The molecule has 3 heteroatoms. The number of alkyl halides is 1. The highest BCUT2D eigenvalue weighted by Crippen LogP contribution is 2.32. The Morgan fingerprint density at radius 1 is 1.43 bits per heavy atom. The summed E-state index contributed by atoms with van der Waals surface area (Å²) in [4.78, 5) is 4.36. The maximum absolute atomic E-state index is 13.2. The number of nitrogens with zero attached hydrogens (tertiary/aromatic N) is 1. The van der Waals surface area contributed by atoms with Crippen LogP contribution in [0, 0.1) is 6.92 Å². The summed E-state index contributed by atoms with van der Waals surface area (Å²) < 4.78 is 13.2. The van der Waals surface area contributed by atoms with Gasteiger partial charge in [0.2, 0.25) is 0 Å². The molecule has 1 aliphatic carbocycles. The van der Waals surface area contributed by atoms with Crippen LogP contribution in [0.1, 0.15) is 42.0 Å². The quantitative estimate of drug-likeness (QED) is 0.746. The molecule has 0 fully saturated rings. The third kappa shape index (κ3) is 1.27. The molecule has 0 aromatic carbocycles. The maximum Gasteiger partial charge on any atom is 0.139 e. The number of nitrogen functional groups attached to an aromatic ring is 1. The van der Waals surface area contributed by atoms with E-state index in [1.54, 1.807) is 0 Å². The lowest BCUT2D eigenvalue weighted by atomic mass is 10.0. The fourth-order valence-corrected chi connectivity index (χ4v) is 2.12. The molecular weight excluding hydrogens is 179 g/mol. The highest BCUT2D eigenvalue weighted by atomic mass is 19.1. The lowest BCUT2D eigenvalue weighted by molar-refractivity contribution is 0.363. The normalized spacial score (nSPS) is 16.8. The molecule has 1 atom stereocenters. The van der Waals surface area contributed by atoms with Gasteiger partial charge in [-0.05, 0) is 44.2 Å². The van der Waals surface area contributed by atoms with Gasteiger partial charge in [-0.3, -0.25) is 4.98 Å². The molecule has 0 saturated carbocycles. The molecule has 0 bridgehead atoms. The molecular formula is C11H15FN2. The van der Waals surface area contributed by atoms with E-state index in [1.807, 2.05) is 6.92 Å². The smallest absolute Gasteiger partial charge is 0.139 e. The maximum atomic E-state index is 13.2. The van der Waals surface area contributed by atoms with E-state index in [4.69, 9.17) is 5.73 Å². The largest absolute Gasteiger partial charge is 0.398 e. The van der Waals surface area contributed by atoms with Gasteiger partial charge in [-0.1, -0.05) is 0 Å². The van der Waals surface area contributed by atoms with Crippen molar-refractivity contribution >= 4 is 5.69 Å². The Morgan fingerprint density at radius 3 is 2.79 bits per heavy atom. The topological polar surface area (TPSA) is 38.9 Å². The van der Waals surface area contributed by atoms with E-state index in [9.17, 15) is 4.39 Å². The minimum absolute atomic E-state index is 0.517. The fourth-order valence-electron chi connectivity index (χ4n) is 2.12. The Kier molecular flexibility index (Phi) is 2.17. The minimum Gasteiger partial charge on any atom is -0.398 e. The zero-order chi connectivity index (χ0) is 10.3. The number of halogens is 1. The van der Waals surface area contributed by atoms with Crippen LogP contribution in [0.25, 0.3) is 0 Å². The average Bonchev–Trinajstić information content (AvgIpc) is 2.58. The lowest BCUT2D eigenvalue weighted by Gasteiger charge is -2.13. The fraction of sp³-hybridized carbons (Fsp3) is 0.545.